The second kappa shape index (κ2) is 8.59. The van der Waals surface area contributed by atoms with Crippen molar-refractivity contribution in [1.29, 1.82) is 0 Å². The Morgan fingerprint density at radius 3 is 2.22 bits per heavy atom. The van der Waals surface area contributed by atoms with E-state index in [4.69, 9.17) is 0 Å². The third kappa shape index (κ3) is 4.55. The fourth-order valence-electron chi connectivity index (χ4n) is 2.65. The molecule has 0 saturated carbocycles. The average Bonchev–Trinajstić information content (AvgIpc) is 2.87. The third-order valence-electron chi connectivity index (χ3n) is 4.05. The molecule has 3 rings (SSSR count). The molecule has 0 aromatic heterocycles. The number of carbonyl (C=O) groups is 1. The lowest BCUT2D eigenvalue weighted by Gasteiger charge is -2.10. The molecule has 0 N–H and O–H groups in total. The monoisotopic (exact) mass is 500 g/mol. The summed E-state index contributed by atoms with van der Waals surface area (Å²) in [6.07, 6.45) is 0.896. The van der Waals surface area contributed by atoms with Gasteiger partial charge in [0.05, 0.1) is 0 Å². The highest BCUT2D eigenvalue weighted by Gasteiger charge is 2.33. The second-order valence-corrected chi connectivity index (χ2v) is 8.18. The molecule has 122 valence electrons. The summed E-state index contributed by atoms with van der Waals surface area (Å²) in [7, 11) is 0. The van der Waals surface area contributed by atoms with Crippen molar-refractivity contribution in [3.8, 4) is 0 Å². The van der Waals surface area contributed by atoms with Gasteiger partial charge in [0.15, 0.2) is 5.78 Å². The molecule has 2 aromatic rings. The van der Waals surface area contributed by atoms with Crippen LogP contribution >= 0.6 is 47.8 Å². The van der Waals surface area contributed by atoms with E-state index in [1.165, 1.54) is 15.6 Å². The summed E-state index contributed by atoms with van der Waals surface area (Å²) >= 11 is 10.3. The molecule has 1 nitrogen and oxygen atoms in total. The van der Waals surface area contributed by atoms with Gasteiger partial charge in [-0.3, -0.25) is 4.79 Å². The summed E-state index contributed by atoms with van der Waals surface area (Å²) in [5.74, 6) is 0.932. The van der Waals surface area contributed by atoms with Crippen molar-refractivity contribution in [2.45, 2.75) is 25.6 Å². The van der Waals surface area contributed by atoms with Crippen LogP contribution in [-0.4, -0.2) is 5.78 Å². The Kier molecular flexibility index (Phi) is 7.05. The molecular weight excluding hydrogens is 484 g/mol. The zero-order valence-electron chi connectivity index (χ0n) is 13.2. The lowest BCUT2D eigenvalue weighted by atomic mass is 9.92. The van der Waals surface area contributed by atoms with Crippen LogP contribution in [0.4, 0.5) is 0 Å². The molecule has 4 heteroatoms. The minimum Gasteiger partial charge on any atom is -0.294 e. The van der Waals surface area contributed by atoms with E-state index in [0.29, 0.717) is 11.7 Å². The zero-order valence-corrected chi connectivity index (χ0v) is 17.9. The molecule has 23 heavy (non-hydrogen) atoms. The van der Waals surface area contributed by atoms with E-state index in [1.54, 1.807) is 0 Å². The number of ketones is 1. The number of carbonyl (C=O) groups excluding carboxylic acids is 1. The van der Waals surface area contributed by atoms with Gasteiger partial charge in [-0.15, -0.1) is 0 Å². The van der Waals surface area contributed by atoms with Gasteiger partial charge >= 0.3 is 0 Å². The fourth-order valence-corrected chi connectivity index (χ4v) is 4.47. The summed E-state index contributed by atoms with van der Waals surface area (Å²) in [6.45, 7) is 4.23. The Balaban J connectivity index is 0.000000185. The average molecular weight is 503 g/mol. The van der Waals surface area contributed by atoms with Gasteiger partial charge in [0, 0.05) is 25.8 Å². The molecular formula is C19H19Br3O. The number of hydrogen-bond donors (Lipinski definition) is 0. The smallest absolute Gasteiger partial charge is 0.166 e. The van der Waals surface area contributed by atoms with Crippen LogP contribution in [0.2, 0.25) is 0 Å². The maximum Gasteiger partial charge on any atom is 0.166 e. The highest BCUT2D eigenvalue weighted by atomic mass is 79.9. The topological polar surface area (TPSA) is 17.1 Å². The van der Waals surface area contributed by atoms with E-state index >= 15 is 0 Å². The number of rotatable bonds is 2. The first-order valence-corrected chi connectivity index (χ1v) is 10.3. The van der Waals surface area contributed by atoms with Crippen LogP contribution in [0.5, 0.6) is 0 Å². The van der Waals surface area contributed by atoms with Gasteiger partial charge in [0.2, 0.25) is 0 Å². The van der Waals surface area contributed by atoms with Gasteiger partial charge in [-0.25, -0.2) is 0 Å². The minimum absolute atomic E-state index is 0.184. The highest BCUT2D eigenvalue weighted by Crippen LogP contribution is 2.35. The zero-order chi connectivity index (χ0) is 17.0. The van der Waals surface area contributed by atoms with E-state index in [2.05, 4.69) is 67.7 Å². The molecule has 0 fully saturated rings. The van der Waals surface area contributed by atoms with Crippen LogP contribution in [0.15, 0.2) is 51.4 Å². The first kappa shape index (κ1) is 18.9. The molecule has 1 atom stereocenters. The number of alkyl halides is 1. The number of Topliss-reactive ketones (excluding diaryl/α,β-unsaturated/α-hetero) is 1. The normalized spacial score (nSPS) is 16.1. The number of fused-ring (bicyclic) bond motifs is 1. The maximum atomic E-state index is 12.0. The van der Waals surface area contributed by atoms with Crippen molar-refractivity contribution < 1.29 is 4.79 Å². The summed E-state index contributed by atoms with van der Waals surface area (Å²) in [6, 6.07) is 14.0. The largest absolute Gasteiger partial charge is 0.294 e. The van der Waals surface area contributed by atoms with E-state index in [9.17, 15) is 4.79 Å². The maximum absolute atomic E-state index is 12.0. The number of halogens is 3. The molecule has 0 radical (unpaired) electrons. The van der Waals surface area contributed by atoms with Gasteiger partial charge in [-0.1, -0.05) is 92.0 Å². The summed E-state index contributed by atoms with van der Waals surface area (Å²) in [5.41, 5.74) is 3.40. The summed E-state index contributed by atoms with van der Waals surface area (Å²) in [4.78, 5) is 12.0. The number of benzene rings is 2. The second-order valence-electron chi connectivity index (χ2n) is 5.91. The lowest BCUT2D eigenvalue weighted by Crippen LogP contribution is -2.15. The number of hydrogen-bond acceptors (Lipinski definition) is 1. The van der Waals surface area contributed by atoms with Gasteiger partial charge in [-0.2, -0.15) is 0 Å². The van der Waals surface area contributed by atoms with Crippen LogP contribution in [-0.2, 0) is 11.8 Å². The van der Waals surface area contributed by atoms with E-state index < -0.39 is 0 Å². The molecule has 0 heterocycles. The Bertz CT molecular complexity index is 695. The quantitative estimate of drug-likeness (QED) is 0.412. The molecule has 1 aliphatic rings. The van der Waals surface area contributed by atoms with Crippen molar-refractivity contribution in [2.24, 2.45) is 11.8 Å². The van der Waals surface area contributed by atoms with Crippen molar-refractivity contribution in [2.75, 3.05) is 0 Å². The van der Waals surface area contributed by atoms with Crippen LogP contribution in [0, 0.1) is 11.8 Å². The van der Waals surface area contributed by atoms with Crippen LogP contribution in [0.25, 0.3) is 0 Å². The lowest BCUT2D eigenvalue weighted by molar-refractivity contribution is 0.0906. The summed E-state index contributed by atoms with van der Waals surface area (Å²) in [5, 5.41) is 0.911. The predicted molar refractivity (Wildman–Crippen MR) is 107 cm³/mol. The molecule has 2 aromatic carbocycles. The van der Waals surface area contributed by atoms with E-state index in [-0.39, 0.29) is 5.92 Å². The SMILES string of the molecule is BrCc1ccccc1Br.CC(C)C1Cc2c(Br)cccc2C1=O. The highest BCUT2D eigenvalue weighted by molar-refractivity contribution is 9.11. The minimum atomic E-state index is 0.184. The third-order valence-corrected chi connectivity index (χ3v) is 6.17. The molecule has 1 unspecified atom stereocenters. The van der Waals surface area contributed by atoms with Crippen molar-refractivity contribution in [3.63, 3.8) is 0 Å². The molecule has 0 aliphatic heterocycles. The summed E-state index contributed by atoms with van der Waals surface area (Å²) < 4.78 is 2.24. The van der Waals surface area contributed by atoms with Crippen LogP contribution in [0.3, 0.4) is 0 Å². The molecule has 0 saturated heterocycles. The van der Waals surface area contributed by atoms with Gasteiger partial charge < -0.3 is 0 Å². The van der Waals surface area contributed by atoms with Gasteiger partial charge in [0.1, 0.15) is 0 Å². The van der Waals surface area contributed by atoms with E-state index in [1.807, 2.05) is 36.4 Å². The first-order chi connectivity index (χ1) is 11.0. The Morgan fingerprint density at radius 2 is 1.70 bits per heavy atom. The Labute approximate surface area is 163 Å². The van der Waals surface area contributed by atoms with Crippen molar-refractivity contribution >= 4 is 53.6 Å². The van der Waals surface area contributed by atoms with Crippen molar-refractivity contribution in [3.05, 3.63) is 68.1 Å². The van der Waals surface area contributed by atoms with Gasteiger partial charge in [0.25, 0.3) is 0 Å². The molecule has 0 amide bonds. The molecule has 1 aliphatic carbocycles. The van der Waals surface area contributed by atoms with Gasteiger partial charge in [-0.05, 0) is 35.6 Å². The predicted octanol–water partition coefficient (Wildman–Crippen LogP) is 6.80. The van der Waals surface area contributed by atoms with E-state index in [0.717, 1.165) is 21.8 Å². The first-order valence-electron chi connectivity index (χ1n) is 7.56. The Morgan fingerprint density at radius 1 is 1.04 bits per heavy atom. The Hall–Kier alpha value is -0.450. The standard InChI is InChI=1S/C12H13BrO.C7H6Br2/c1-7(2)9-6-10-8(12(9)14)4-3-5-11(10)13;8-5-6-3-1-2-4-7(6)9/h3-5,7,9H,6H2,1-2H3;1-4H,5H2. The fraction of sp³-hybridized carbons (Fsp3) is 0.316. The van der Waals surface area contributed by atoms with Crippen molar-refractivity contribution in [1.82, 2.24) is 0 Å². The molecule has 0 bridgehead atoms. The van der Waals surface area contributed by atoms with Crippen LogP contribution in [0.1, 0.15) is 35.3 Å². The van der Waals surface area contributed by atoms with Crippen LogP contribution < -0.4 is 0 Å². The molecule has 0 spiro atoms.